The molecule has 0 aliphatic rings. The van der Waals surface area contributed by atoms with Crippen LogP contribution >= 0.6 is 0 Å². The van der Waals surface area contributed by atoms with Crippen LogP contribution in [0, 0.1) is 11.3 Å². The molecule has 0 aliphatic carbocycles. The van der Waals surface area contributed by atoms with Gasteiger partial charge < -0.3 is 5.41 Å². The van der Waals surface area contributed by atoms with E-state index in [1.807, 2.05) is 0 Å². The molecule has 0 aromatic heterocycles. The second kappa shape index (κ2) is 9.76. The predicted octanol–water partition coefficient (Wildman–Crippen LogP) is 4.41. The van der Waals surface area contributed by atoms with Crippen molar-refractivity contribution in [2.45, 2.75) is 65.2 Å². The van der Waals surface area contributed by atoms with Crippen LogP contribution in [0.15, 0.2) is 0 Å². The highest BCUT2D eigenvalue weighted by molar-refractivity contribution is 5.55. The summed E-state index contributed by atoms with van der Waals surface area (Å²) in [6.45, 7) is 4.38. The van der Waals surface area contributed by atoms with Crippen LogP contribution in [0.3, 0.4) is 0 Å². The van der Waals surface area contributed by atoms with Gasteiger partial charge in [0.15, 0.2) is 0 Å². The Morgan fingerprint density at radius 1 is 1.00 bits per heavy atom. The number of unbranched alkanes of at least 4 members (excludes halogenated alkanes) is 6. The molecule has 1 heteroatoms. The zero-order valence-electron chi connectivity index (χ0n) is 9.31. The summed E-state index contributed by atoms with van der Waals surface area (Å²) >= 11 is 0. The monoisotopic (exact) mass is 183 g/mol. The van der Waals surface area contributed by atoms with Gasteiger partial charge in [-0.1, -0.05) is 58.8 Å². The molecule has 0 saturated carbocycles. The van der Waals surface area contributed by atoms with Gasteiger partial charge in [-0.05, 0) is 18.6 Å². The third-order valence-electron chi connectivity index (χ3n) is 2.55. The Labute approximate surface area is 83.4 Å². The van der Waals surface area contributed by atoms with Gasteiger partial charge in [0.1, 0.15) is 0 Å². The molecular formula is C12H25N. The van der Waals surface area contributed by atoms with E-state index in [1.54, 1.807) is 6.21 Å². The Kier molecular flexibility index (Phi) is 9.51. The van der Waals surface area contributed by atoms with Crippen molar-refractivity contribution in [2.24, 2.45) is 5.92 Å². The van der Waals surface area contributed by atoms with Crippen LogP contribution < -0.4 is 0 Å². The Bertz CT molecular complexity index is 110. The fourth-order valence-corrected chi connectivity index (χ4v) is 1.51. The summed E-state index contributed by atoms with van der Waals surface area (Å²) in [4.78, 5) is 0. The topological polar surface area (TPSA) is 23.9 Å². The standard InChI is InChI=1S/C12H25N/c1-3-4-5-6-7-8-9-10-12(2)11-13/h11-13H,3-10H2,1-2H3. The molecule has 13 heavy (non-hydrogen) atoms. The van der Waals surface area contributed by atoms with E-state index in [2.05, 4.69) is 13.8 Å². The van der Waals surface area contributed by atoms with Crippen LogP contribution in [-0.4, -0.2) is 6.21 Å². The minimum Gasteiger partial charge on any atom is -0.313 e. The van der Waals surface area contributed by atoms with E-state index in [4.69, 9.17) is 5.41 Å². The molecule has 1 N–H and O–H groups in total. The van der Waals surface area contributed by atoms with Crippen molar-refractivity contribution >= 4 is 6.21 Å². The maximum atomic E-state index is 7.05. The average molecular weight is 183 g/mol. The zero-order valence-corrected chi connectivity index (χ0v) is 9.31. The van der Waals surface area contributed by atoms with Crippen molar-refractivity contribution in [2.75, 3.05) is 0 Å². The first-order valence-electron chi connectivity index (χ1n) is 5.81. The van der Waals surface area contributed by atoms with Gasteiger partial charge in [0.05, 0.1) is 0 Å². The number of hydrogen-bond donors (Lipinski definition) is 1. The van der Waals surface area contributed by atoms with Crippen molar-refractivity contribution in [1.82, 2.24) is 0 Å². The Balaban J connectivity index is 2.95. The quantitative estimate of drug-likeness (QED) is 0.404. The first-order valence-corrected chi connectivity index (χ1v) is 5.81. The van der Waals surface area contributed by atoms with Crippen molar-refractivity contribution in [3.05, 3.63) is 0 Å². The van der Waals surface area contributed by atoms with Gasteiger partial charge in [0, 0.05) is 0 Å². The van der Waals surface area contributed by atoms with Gasteiger partial charge in [-0.3, -0.25) is 0 Å². The maximum absolute atomic E-state index is 7.05. The van der Waals surface area contributed by atoms with Gasteiger partial charge in [-0.25, -0.2) is 0 Å². The lowest BCUT2D eigenvalue weighted by Gasteiger charge is -2.04. The molecule has 0 aliphatic heterocycles. The molecular weight excluding hydrogens is 158 g/mol. The van der Waals surface area contributed by atoms with E-state index in [1.165, 1.54) is 51.4 Å². The normalized spacial score (nSPS) is 12.8. The summed E-state index contributed by atoms with van der Waals surface area (Å²) in [6, 6.07) is 0. The summed E-state index contributed by atoms with van der Waals surface area (Å²) in [5, 5.41) is 7.05. The second-order valence-electron chi connectivity index (χ2n) is 4.05. The zero-order chi connectivity index (χ0) is 9.94. The Morgan fingerprint density at radius 3 is 2.08 bits per heavy atom. The predicted molar refractivity (Wildman–Crippen MR) is 60.6 cm³/mol. The smallest absolute Gasteiger partial charge is 0.00195 e. The minimum absolute atomic E-state index is 0.496. The molecule has 78 valence electrons. The van der Waals surface area contributed by atoms with Gasteiger partial charge >= 0.3 is 0 Å². The van der Waals surface area contributed by atoms with Crippen molar-refractivity contribution in [3.8, 4) is 0 Å². The van der Waals surface area contributed by atoms with Gasteiger partial charge in [0.25, 0.3) is 0 Å². The van der Waals surface area contributed by atoms with Crippen LogP contribution in [-0.2, 0) is 0 Å². The summed E-state index contributed by atoms with van der Waals surface area (Å²) in [5.41, 5.74) is 0. The molecule has 0 bridgehead atoms. The van der Waals surface area contributed by atoms with E-state index < -0.39 is 0 Å². The molecule has 0 amide bonds. The summed E-state index contributed by atoms with van der Waals surface area (Å²) in [5.74, 6) is 0.496. The summed E-state index contributed by atoms with van der Waals surface area (Å²) < 4.78 is 0. The molecule has 0 rings (SSSR count). The van der Waals surface area contributed by atoms with Gasteiger partial charge in [-0.15, -0.1) is 0 Å². The van der Waals surface area contributed by atoms with Crippen molar-refractivity contribution < 1.29 is 0 Å². The van der Waals surface area contributed by atoms with E-state index in [9.17, 15) is 0 Å². The molecule has 0 aromatic carbocycles. The second-order valence-corrected chi connectivity index (χ2v) is 4.05. The van der Waals surface area contributed by atoms with Gasteiger partial charge in [-0.2, -0.15) is 0 Å². The van der Waals surface area contributed by atoms with E-state index >= 15 is 0 Å². The summed E-state index contributed by atoms with van der Waals surface area (Å²) in [6.07, 6.45) is 12.4. The lowest BCUT2D eigenvalue weighted by Crippen LogP contribution is -1.94. The van der Waals surface area contributed by atoms with Crippen molar-refractivity contribution in [1.29, 1.82) is 5.41 Å². The van der Waals surface area contributed by atoms with Crippen molar-refractivity contribution in [3.63, 3.8) is 0 Å². The van der Waals surface area contributed by atoms with E-state index in [0.29, 0.717) is 5.92 Å². The summed E-state index contributed by atoms with van der Waals surface area (Å²) in [7, 11) is 0. The van der Waals surface area contributed by atoms with Gasteiger partial charge in [0.2, 0.25) is 0 Å². The third-order valence-corrected chi connectivity index (χ3v) is 2.55. The SMILES string of the molecule is CCCCCCCCCC(C)C=N. The largest absolute Gasteiger partial charge is 0.313 e. The van der Waals surface area contributed by atoms with E-state index in [0.717, 1.165) is 0 Å². The lowest BCUT2D eigenvalue weighted by atomic mass is 10.0. The molecule has 0 spiro atoms. The molecule has 1 atom stereocenters. The minimum atomic E-state index is 0.496. The van der Waals surface area contributed by atoms with Crippen LogP contribution in [0.5, 0.6) is 0 Å². The van der Waals surface area contributed by atoms with Crippen LogP contribution in [0.1, 0.15) is 65.2 Å². The first kappa shape index (κ1) is 12.7. The average Bonchev–Trinajstić information content (AvgIpc) is 2.16. The molecule has 1 nitrogen and oxygen atoms in total. The molecule has 0 saturated heterocycles. The fourth-order valence-electron chi connectivity index (χ4n) is 1.51. The molecule has 0 heterocycles. The molecule has 0 radical (unpaired) electrons. The van der Waals surface area contributed by atoms with E-state index in [-0.39, 0.29) is 0 Å². The highest BCUT2D eigenvalue weighted by atomic mass is 14.3. The molecule has 1 unspecified atom stereocenters. The maximum Gasteiger partial charge on any atom is -0.00195 e. The van der Waals surface area contributed by atoms with Crippen LogP contribution in [0.25, 0.3) is 0 Å². The lowest BCUT2D eigenvalue weighted by molar-refractivity contribution is 0.551. The molecule has 0 fully saturated rings. The highest BCUT2D eigenvalue weighted by Crippen LogP contribution is 2.11. The van der Waals surface area contributed by atoms with Crippen LogP contribution in [0.2, 0.25) is 0 Å². The highest BCUT2D eigenvalue weighted by Gasteiger charge is 1.96. The third kappa shape index (κ3) is 9.59. The Hall–Kier alpha value is -0.330. The number of hydrogen-bond acceptors (Lipinski definition) is 1. The molecule has 0 aromatic rings. The Morgan fingerprint density at radius 2 is 1.54 bits per heavy atom. The first-order chi connectivity index (χ1) is 6.31. The number of nitrogens with one attached hydrogen (secondary N) is 1. The fraction of sp³-hybridized carbons (Fsp3) is 0.917. The number of rotatable bonds is 9. The van der Waals surface area contributed by atoms with Crippen LogP contribution in [0.4, 0.5) is 0 Å².